The molecule has 1 atom stereocenters. The van der Waals surface area contributed by atoms with Gasteiger partial charge in [0.2, 0.25) is 0 Å². The number of halogens is 1. The van der Waals surface area contributed by atoms with E-state index in [2.05, 4.69) is 20.9 Å². The van der Waals surface area contributed by atoms with E-state index in [1.807, 2.05) is 32.5 Å². The zero-order valence-electron chi connectivity index (χ0n) is 17.8. The summed E-state index contributed by atoms with van der Waals surface area (Å²) in [5, 5.41) is 9.18. The van der Waals surface area contributed by atoms with Crippen molar-refractivity contribution < 1.29 is 18.7 Å². The molecule has 2 amide bonds. The largest absolute Gasteiger partial charge is 0.444 e. The number of thioether (sulfide) groups is 1. The molecule has 1 unspecified atom stereocenters. The fourth-order valence-corrected chi connectivity index (χ4v) is 4.84. The van der Waals surface area contributed by atoms with E-state index >= 15 is 0 Å². The lowest BCUT2D eigenvalue weighted by Gasteiger charge is -2.30. The number of amides is 2. The minimum absolute atomic E-state index is 0.0210. The lowest BCUT2D eigenvalue weighted by Crippen LogP contribution is -2.45. The first-order valence-corrected chi connectivity index (χ1v) is 11.7. The van der Waals surface area contributed by atoms with Crippen molar-refractivity contribution in [3.8, 4) is 0 Å². The van der Waals surface area contributed by atoms with Crippen LogP contribution in [0.2, 0.25) is 0 Å². The lowest BCUT2D eigenvalue weighted by atomic mass is 9.91. The monoisotopic (exact) mass is 438 g/mol. The first-order valence-electron chi connectivity index (χ1n) is 10.5. The summed E-state index contributed by atoms with van der Waals surface area (Å²) in [5.74, 6) is 1.60. The van der Waals surface area contributed by atoms with Crippen LogP contribution in [0.5, 0.6) is 0 Å². The molecule has 1 saturated carbocycles. The summed E-state index contributed by atoms with van der Waals surface area (Å²) < 4.78 is 19.1. The molecule has 166 valence electrons. The number of carbonyl (C=O) groups is 2. The summed E-state index contributed by atoms with van der Waals surface area (Å²) in [5.41, 5.74) is -0.294. The number of carbonyl (C=O) groups excluding carboxylic acids is 2. The van der Waals surface area contributed by atoms with Gasteiger partial charge >= 0.3 is 6.09 Å². The Morgan fingerprint density at radius 1 is 1.10 bits per heavy atom. The second-order valence-corrected chi connectivity index (χ2v) is 10.1. The van der Waals surface area contributed by atoms with Crippen LogP contribution < -0.4 is 16.0 Å². The van der Waals surface area contributed by atoms with Crippen LogP contribution in [0.3, 0.4) is 0 Å². The van der Waals surface area contributed by atoms with Gasteiger partial charge in [-0.2, -0.15) is 11.8 Å². The lowest BCUT2D eigenvalue weighted by molar-refractivity contribution is 0.0488. The Morgan fingerprint density at radius 3 is 2.37 bits per heavy atom. The number of anilines is 1. The zero-order valence-corrected chi connectivity index (χ0v) is 18.6. The number of alkyl carbamates (subject to hydrolysis) is 1. The third-order valence-corrected chi connectivity index (χ3v) is 6.32. The Balaban J connectivity index is 1.52. The van der Waals surface area contributed by atoms with Crippen LogP contribution in [-0.2, 0) is 4.74 Å². The second-order valence-electron chi connectivity index (χ2n) is 8.92. The zero-order chi connectivity index (χ0) is 21.7. The summed E-state index contributed by atoms with van der Waals surface area (Å²) >= 11 is 1.85. The quantitative estimate of drug-likeness (QED) is 0.649. The smallest absolute Gasteiger partial charge is 0.407 e. The molecule has 3 rings (SSSR count). The molecule has 7 nitrogen and oxygen atoms in total. The maximum Gasteiger partial charge on any atom is 0.407 e. The van der Waals surface area contributed by atoms with Crippen LogP contribution in [0, 0.1) is 5.82 Å². The highest BCUT2D eigenvalue weighted by molar-refractivity contribution is 7.99. The van der Waals surface area contributed by atoms with Crippen LogP contribution in [0.4, 0.5) is 15.0 Å². The van der Waals surface area contributed by atoms with Gasteiger partial charge in [0, 0.05) is 23.9 Å². The van der Waals surface area contributed by atoms with Crippen LogP contribution >= 0.6 is 11.8 Å². The fourth-order valence-electron chi connectivity index (χ4n) is 3.69. The predicted octanol–water partition coefficient (Wildman–Crippen LogP) is 3.70. The number of hydrogen-bond acceptors (Lipinski definition) is 6. The van der Waals surface area contributed by atoms with Gasteiger partial charge in [0.05, 0.1) is 11.8 Å². The van der Waals surface area contributed by atoms with E-state index in [-0.39, 0.29) is 29.6 Å². The van der Waals surface area contributed by atoms with Gasteiger partial charge in [-0.3, -0.25) is 4.79 Å². The van der Waals surface area contributed by atoms with Crippen LogP contribution in [0.25, 0.3) is 0 Å². The Bertz CT molecular complexity index is 757. The SMILES string of the molecule is CC(C)(C)OC(=O)N[C@H]1CC[C@@H](NC(=O)c2cc(F)cnc2NC2CCSC2)CC1. The molecule has 1 saturated heterocycles. The molecule has 1 aromatic rings. The normalized spacial score (nSPS) is 24.2. The maximum atomic E-state index is 13.8. The van der Waals surface area contributed by atoms with E-state index in [1.165, 1.54) is 6.07 Å². The van der Waals surface area contributed by atoms with Crippen molar-refractivity contribution in [1.82, 2.24) is 15.6 Å². The molecule has 0 bridgehead atoms. The summed E-state index contributed by atoms with van der Waals surface area (Å²) in [6.07, 6.45) is 4.68. The molecular formula is C21H31FN4O3S. The molecule has 2 heterocycles. The van der Waals surface area contributed by atoms with Gasteiger partial charge in [0.15, 0.2) is 0 Å². The van der Waals surface area contributed by atoms with Crippen molar-refractivity contribution in [2.45, 2.75) is 76.6 Å². The average molecular weight is 439 g/mol. The van der Waals surface area contributed by atoms with E-state index in [0.717, 1.165) is 49.8 Å². The Kier molecular flexibility index (Phi) is 7.44. The van der Waals surface area contributed by atoms with Crippen LogP contribution in [0.1, 0.15) is 63.2 Å². The average Bonchev–Trinajstić information content (AvgIpc) is 3.16. The molecule has 0 aromatic carbocycles. The molecule has 2 fully saturated rings. The van der Waals surface area contributed by atoms with Crippen LogP contribution in [0.15, 0.2) is 12.3 Å². The van der Waals surface area contributed by atoms with Crippen molar-refractivity contribution in [2.24, 2.45) is 0 Å². The number of hydrogen-bond donors (Lipinski definition) is 3. The summed E-state index contributed by atoms with van der Waals surface area (Å²) in [4.78, 5) is 28.9. The van der Waals surface area contributed by atoms with Gasteiger partial charge < -0.3 is 20.7 Å². The predicted molar refractivity (Wildman–Crippen MR) is 116 cm³/mol. The molecular weight excluding hydrogens is 407 g/mol. The molecule has 3 N–H and O–H groups in total. The summed E-state index contributed by atoms with van der Waals surface area (Å²) in [6, 6.07) is 1.49. The molecule has 0 radical (unpaired) electrons. The Hall–Kier alpha value is -2.03. The van der Waals surface area contributed by atoms with Crippen molar-refractivity contribution >= 4 is 29.6 Å². The summed E-state index contributed by atoms with van der Waals surface area (Å²) in [7, 11) is 0. The minimum Gasteiger partial charge on any atom is -0.444 e. The third-order valence-electron chi connectivity index (χ3n) is 5.15. The van der Waals surface area contributed by atoms with E-state index in [9.17, 15) is 14.0 Å². The number of aromatic nitrogens is 1. The fraction of sp³-hybridized carbons (Fsp3) is 0.667. The molecule has 9 heteroatoms. The van der Waals surface area contributed by atoms with E-state index in [1.54, 1.807) is 0 Å². The number of pyridine rings is 1. The van der Waals surface area contributed by atoms with E-state index in [4.69, 9.17) is 4.74 Å². The van der Waals surface area contributed by atoms with Gasteiger partial charge in [-0.1, -0.05) is 0 Å². The molecule has 2 aliphatic rings. The van der Waals surface area contributed by atoms with Crippen molar-refractivity contribution in [3.05, 3.63) is 23.6 Å². The molecule has 1 aliphatic carbocycles. The highest BCUT2D eigenvalue weighted by atomic mass is 32.2. The first-order chi connectivity index (χ1) is 14.2. The molecule has 30 heavy (non-hydrogen) atoms. The number of nitrogens with zero attached hydrogens (tertiary/aromatic N) is 1. The molecule has 1 aromatic heterocycles. The highest BCUT2D eigenvalue weighted by Crippen LogP contribution is 2.24. The number of ether oxygens (including phenoxy) is 1. The van der Waals surface area contributed by atoms with Gasteiger partial charge in [-0.25, -0.2) is 14.2 Å². The van der Waals surface area contributed by atoms with Gasteiger partial charge in [0.25, 0.3) is 5.91 Å². The van der Waals surface area contributed by atoms with Crippen LogP contribution in [-0.4, -0.2) is 52.2 Å². The first kappa shape index (κ1) is 22.7. The van der Waals surface area contributed by atoms with Crippen molar-refractivity contribution in [3.63, 3.8) is 0 Å². The topological polar surface area (TPSA) is 92.4 Å². The second kappa shape index (κ2) is 9.85. The van der Waals surface area contributed by atoms with E-state index in [0.29, 0.717) is 5.82 Å². The standard InChI is InChI=1S/C21H31FN4O3S/c1-21(2,3)29-20(28)26-15-6-4-14(5-7-15)25-19(27)17-10-13(22)11-23-18(17)24-16-8-9-30-12-16/h10-11,14-16H,4-9,12H2,1-3H3,(H,23,24)(H,25,27)(H,26,28)/t14-,15+,16?. The van der Waals surface area contributed by atoms with Gasteiger partial charge in [-0.05, 0) is 64.7 Å². The molecule has 1 aliphatic heterocycles. The van der Waals surface area contributed by atoms with Crippen molar-refractivity contribution in [1.29, 1.82) is 0 Å². The van der Waals surface area contributed by atoms with Gasteiger partial charge in [-0.15, -0.1) is 0 Å². The number of nitrogens with one attached hydrogen (secondary N) is 3. The maximum absolute atomic E-state index is 13.8. The van der Waals surface area contributed by atoms with E-state index < -0.39 is 17.5 Å². The third kappa shape index (κ3) is 6.75. The highest BCUT2D eigenvalue weighted by Gasteiger charge is 2.27. The molecule has 0 spiro atoms. The van der Waals surface area contributed by atoms with Gasteiger partial charge in [0.1, 0.15) is 17.2 Å². The summed E-state index contributed by atoms with van der Waals surface area (Å²) in [6.45, 7) is 5.48. The Morgan fingerprint density at radius 2 is 1.77 bits per heavy atom. The Labute approximate surface area is 181 Å². The number of rotatable bonds is 5. The minimum atomic E-state index is -0.531. The van der Waals surface area contributed by atoms with Crippen molar-refractivity contribution in [2.75, 3.05) is 16.8 Å².